The molecule has 104 valence electrons. The van der Waals surface area contributed by atoms with Crippen molar-refractivity contribution in [1.29, 1.82) is 0 Å². The molecule has 4 heteroatoms. The molecule has 0 unspecified atom stereocenters. The largest absolute Gasteiger partial charge is 0.341 e. The van der Waals surface area contributed by atoms with Gasteiger partial charge in [0.1, 0.15) is 0 Å². The number of nitrogens with zero attached hydrogens (tertiary/aromatic N) is 1. The third kappa shape index (κ3) is 3.80. The van der Waals surface area contributed by atoms with Crippen LogP contribution in [0.2, 0.25) is 0 Å². The molecular formula is C15H21BrN2O. The van der Waals surface area contributed by atoms with E-state index in [9.17, 15) is 4.79 Å². The topological polar surface area (TPSA) is 46.3 Å². The van der Waals surface area contributed by atoms with Gasteiger partial charge in [0.15, 0.2) is 0 Å². The van der Waals surface area contributed by atoms with Gasteiger partial charge < -0.3 is 10.6 Å². The molecule has 1 amide bonds. The first-order chi connectivity index (χ1) is 9.08. The molecule has 1 aliphatic rings. The van der Waals surface area contributed by atoms with Gasteiger partial charge in [-0.2, -0.15) is 0 Å². The zero-order valence-electron chi connectivity index (χ0n) is 11.3. The fourth-order valence-corrected chi connectivity index (χ4v) is 3.13. The van der Waals surface area contributed by atoms with Crippen molar-refractivity contribution >= 4 is 21.8 Å². The number of benzene rings is 1. The van der Waals surface area contributed by atoms with Crippen molar-refractivity contribution in [2.45, 2.75) is 38.3 Å². The van der Waals surface area contributed by atoms with E-state index in [-0.39, 0.29) is 17.9 Å². The molecule has 1 saturated carbocycles. The maximum Gasteiger partial charge on any atom is 0.225 e. The third-order valence-corrected chi connectivity index (χ3v) is 4.58. The van der Waals surface area contributed by atoms with Crippen LogP contribution in [0.5, 0.6) is 0 Å². The van der Waals surface area contributed by atoms with E-state index in [0.717, 1.165) is 35.7 Å². The van der Waals surface area contributed by atoms with Crippen molar-refractivity contribution in [3.8, 4) is 0 Å². The predicted octanol–water partition coefficient (Wildman–Crippen LogP) is 2.93. The number of nitrogens with two attached hydrogens (primary N) is 1. The summed E-state index contributed by atoms with van der Waals surface area (Å²) in [5.74, 6) is 0.335. The lowest BCUT2D eigenvalue weighted by atomic mass is 9.85. The first kappa shape index (κ1) is 14.5. The molecule has 0 heterocycles. The Kier molecular flexibility index (Phi) is 4.99. The Bertz CT molecular complexity index is 450. The van der Waals surface area contributed by atoms with Crippen LogP contribution in [-0.2, 0) is 11.3 Å². The zero-order valence-corrected chi connectivity index (χ0v) is 12.9. The van der Waals surface area contributed by atoms with Gasteiger partial charge in [-0.15, -0.1) is 0 Å². The van der Waals surface area contributed by atoms with Gasteiger partial charge in [0, 0.05) is 30.0 Å². The SMILES string of the molecule is CN(Cc1ccccc1Br)C(=O)[C@@H]1CCC[C@@H](N)C1. The third-order valence-electron chi connectivity index (χ3n) is 3.81. The van der Waals surface area contributed by atoms with E-state index in [0.29, 0.717) is 6.54 Å². The maximum absolute atomic E-state index is 12.4. The molecule has 0 spiro atoms. The molecule has 1 aromatic carbocycles. The van der Waals surface area contributed by atoms with Crippen molar-refractivity contribution in [1.82, 2.24) is 4.90 Å². The second-order valence-corrected chi connectivity index (χ2v) is 6.26. The first-order valence-corrected chi connectivity index (χ1v) is 7.61. The molecule has 3 nitrogen and oxygen atoms in total. The number of rotatable bonds is 3. The van der Waals surface area contributed by atoms with Gasteiger partial charge >= 0.3 is 0 Å². The van der Waals surface area contributed by atoms with Gasteiger partial charge in [-0.1, -0.05) is 40.5 Å². The summed E-state index contributed by atoms with van der Waals surface area (Å²) in [6.45, 7) is 0.645. The molecule has 2 rings (SSSR count). The van der Waals surface area contributed by atoms with Gasteiger partial charge in [-0.25, -0.2) is 0 Å². The summed E-state index contributed by atoms with van der Waals surface area (Å²) in [5.41, 5.74) is 7.10. The highest BCUT2D eigenvalue weighted by molar-refractivity contribution is 9.10. The van der Waals surface area contributed by atoms with Crippen LogP contribution >= 0.6 is 15.9 Å². The van der Waals surface area contributed by atoms with Crippen molar-refractivity contribution in [2.75, 3.05) is 7.05 Å². The van der Waals surface area contributed by atoms with Gasteiger partial charge in [0.05, 0.1) is 0 Å². The lowest BCUT2D eigenvalue weighted by Gasteiger charge is -2.29. The molecule has 1 fully saturated rings. The van der Waals surface area contributed by atoms with Crippen molar-refractivity contribution in [2.24, 2.45) is 11.7 Å². The highest BCUT2D eigenvalue weighted by atomic mass is 79.9. The Hall–Kier alpha value is -0.870. The Labute approximate surface area is 123 Å². The van der Waals surface area contributed by atoms with Crippen LogP contribution in [0.25, 0.3) is 0 Å². The van der Waals surface area contributed by atoms with E-state index in [1.807, 2.05) is 36.2 Å². The summed E-state index contributed by atoms with van der Waals surface area (Å²) < 4.78 is 1.05. The summed E-state index contributed by atoms with van der Waals surface area (Å²) in [6, 6.07) is 8.22. The molecule has 19 heavy (non-hydrogen) atoms. The fraction of sp³-hybridized carbons (Fsp3) is 0.533. The van der Waals surface area contributed by atoms with E-state index in [2.05, 4.69) is 15.9 Å². The van der Waals surface area contributed by atoms with Crippen LogP contribution in [0.15, 0.2) is 28.7 Å². The van der Waals surface area contributed by atoms with Crippen LogP contribution in [-0.4, -0.2) is 23.9 Å². The highest BCUT2D eigenvalue weighted by Crippen LogP contribution is 2.26. The number of amides is 1. The van der Waals surface area contributed by atoms with Gasteiger partial charge in [0.2, 0.25) is 5.91 Å². The molecule has 2 N–H and O–H groups in total. The Morgan fingerprint density at radius 3 is 2.84 bits per heavy atom. The van der Waals surface area contributed by atoms with Gasteiger partial charge in [0.25, 0.3) is 0 Å². The highest BCUT2D eigenvalue weighted by Gasteiger charge is 2.27. The molecule has 0 bridgehead atoms. The van der Waals surface area contributed by atoms with Crippen LogP contribution in [0, 0.1) is 5.92 Å². The summed E-state index contributed by atoms with van der Waals surface area (Å²) in [7, 11) is 1.88. The van der Waals surface area contributed by atoms with Crippen LogP contribution in [0.3, 0.4) is 0 Å². The number of carbonyl (C=O) groups excluding carboxylic acids is 1. The Morgan fingerprint density at radius 2 is 2.16 bits per heavy atom. The van der Waals surface area contributed by atoms with Crippen molar-refractivity contribution < 1.29 is 4.79 Å². The monoisotopic (exact) mass is 324 g/mol. The van der Waals surface area contributed by atoms with Crippen molar-refractivity contribution in [3.63, 3.8) is 0 Å². The van der Waals surface area contributed by atoms with Crippen LogP contribution in [0.4, 0.5) is 0 Å². The quantitative estimate of drug-likeness (QED) is 0.929. The molecule has 0 saturated heterocycles. The average molecular weight is 325 g/mol. The van der Waals surface area contributed by atoms with E-state index >= 15 is 0 Å². The first-order valence-electron chi connectivity index (χ1n) is 6.82. The summed E-state index contributed by atoms with van der Waals surface area (Å²) in [5, 5.41) is 0. The zero-order chi connectivity index (χ0) is 13.8. The number of hydrogen-bond acceptors (Lipinski definition) is 2. The predicted molar refractivity (Wildman–Crippen MR) is 80.5 cm³/mol. The molecule has 0 aromatic heterocycles. The standard InChI is InChI=1S/C15H21BrN2O/c1-18(10-12-5-2-3-8-14(12)16)15(19)11-6-4-7-13(17)9-11/h2-3,5,8,11,13H,4,6-7,9-10,17H2,1H3/t11-,13-/m1/s1. The average Bonchev–Trinajstić information content (AvgIpc) is 2.40. The molecule has 1 aliphatic carbocycles. The molecule has 0 aliphatic heterocycles. The minimum absolute atomic E-state index is 0.108. The number of carbonyl (C=O) groups is 1. The minimum Gasteiger partial charge on any atom is -0.341 e. The second-order valence-electron chi connectivity index (χ2n) is 5.41. The van der Waals surface area contributed by atoms with E-state index < -0.39 is 0 Å². The van der Waals surface area contributed by atoms with E-state index in [1.165, 1.54) is 0 Å². The van der Waals surface area contributed by atoms with Gasteiger partial charge in [-0.3, -0.25) is 4.79 Å². The minimum atomic E-state index is 0.108. The van der Waals surface area contributed by atoms with E-state index in [4.69, 9.17) is 5.73 Å². The Morgan fingerprint density at radius 1 is 1.42 bits per heavy atom. The van der Waals surface area contributed by atoms with Gasteiger partial charge in [-0.05, 0) is 30.9 Å². The molecule has 2 atom stereocenters. The summed E-state index contributed by atoms with van der Waals surface area (Å²) in [4.78, 5) is 14.2. The van der Waals surface area contributed by atoms with E-state index in [1.54, 1.807) is 0 Å². The van der Waals surface area contributed by atoms with Crippen LogP contribution in [0.1, 0.15) is 31.2 Å². The number of halogens is 1. The lowest BCUT2D eigenvalue weighted by Crippen LogP contribution is -2.38. The molecule has 0 radical (unpaired) electrons. The second kappa shape index (κ2) is 6.53. The summed E-state index contributed by atoms with van der Waals surface area (Å²) >= 11 is 3.52. The summed E-state index contributed by atoms with van der Waals surface area (Å²) in [6.07, 6.45) is 3.93. The molecular weight excluding hydrogens is 304 g/mol. The smallest absolute Gasteiger partial charge is 0.225 e. The van der Waals surface area contributed by atoms with Crippen molar-refractivity contribution in [3.05, 3.63) is 34.3 Å². The number of hydrogen-bond donors (Lipinski definition) is 1. The maximum atomic E-state index is 12.4. The fourth-order valence-electron chi connectivity index (χ4n) is 2.72. The Balaban J connectivity index is 1.97. The normalized spacial score (nSPS) is 23.1. The molecule has 1 aromatic rings. The lowest BCUT2D eigenvalue weighted by molar-refractivity contribution is -0.135. The van der Waals surface area contributed by atoms with Crippen LogP contribution < -0.4 is 5.73 Å².